The van der Waals surface area contributed by atoms with Crippen molar-refractivity contribution in [1.82, 2.24) is 0 Å². The summed E-state index contributed by atoms with van der Waals surface area (Å²) < 4.78 is 67.5. The fourth-order valence-electron chi connectivity index (χ4n) is 2.22. The lowest BCUT2D eigenvalue weighted by molar-refractivity contribution is -0.137. The van der Waals surface area contributed by atoms with E-state index in [-0.39, 0.29) is 11.1 Å². The van der Waals surface area contributed by atoms with Gasteiger partial charge < -0.3 is 0 Å². The SMILES string of the molecule is CC1(F)C(C#N)=CC(c2ccc(C#N)cc2C(F)(F)F)=CC1F. The Kier molecular flexibility index (Phi) is 4.00. The average Bonchev–Trinajstić information content (AvgIpc) is 2.48. The number of alkyl halides is 5. The van der Waals surface area contributed by atoms with E-state index in [0.29, 0.717) is 12.1 Å². The first kappa shape index (κ1) is 16.7. The predicted molar refractivity (Wildman–Crippen MR) is 72.2 cm³/mol. The normalized spacial score (nSPS) is 24.3. The maximum Gasteiger partial charge on any atom is 0.417 e. The van der Waals surface area contributed by atoms with Crippen molar-refractivity contribution in [3.63, 3.8) is 0 Å². The number of hydrogen-bond acceptors (Lipinski definition) is 2. The van der Waals surface area contributed by atoms with Gasteiger partial charge in [-0.15, -0.1) is 0 Å². The van der Waals surface area contributed by atoms with Gasteiger partial charge in [0.15, 0.2) is 11.8 Å². The smallest absolute Gasteiger partial charge is 0.239 e. The molecule has 2 unspecified atom stereocenters. The van der Waals surface area contributed by atoms with E-state index in [9.17, 15) is 22.0 Å². The Labute approximate surface area is 128 Å². The first-order chi connectivity index (χ1) is 10.6. The number of nitrogens with zero attached hydrogens (tertiary/aromatic N) is 2. The highest BCUT2D eigenvalue weighted by molar-refractivity contribution is 5.80. The van der Waals surface area contributed by atoms with Gasteiger partial charge in [0, 0.05) is 0 Å². The number of nitriles is 2. The highest BCUT2D eigenvalue weighted by atomic mass is 19.4. The zero-order valence-electron chi connectivity index (χ0n) is 11.7. The van der Waals surface area contributed by atoms with Crippen molar-refractivity contribution in [2.45, 2.75) is 24.9 Å². The number of hydrogen-bond donors (Lipinski definition) is 0. The summed E-state index contributed by atoms with van der Waals surface area (Å²) in [6.07, 6.45) is -5.44. The Morgan fingerprint density at radius 2 is 1.83 bits per heavy atom. The summed E-state index contributed by atoms with van der Waals surface area (Å²) in [5.74, 6) is 0. The molecule has 0 radical (unpaired) electrons. The standard InChI is InChI=1S/C16H9F5N2/c1-15(18)11(8-23)5-10(6-14(15)17)12-3-2-9(7-22)4-13(12)16(19,20)21/h2-6,14H,1H3. The summed E-state index contributed by atoms with van der Waals surface area (Å²) in [6.45, 7) is 0.851. The fourth-order valence-corrected chi connectivity index (χ4v) is 2.22. The zero-order chi connectivity index (χ0) is 17.4. The molecule has 1 aliphatic carbocycles. The van der Waals surface area contributed by atoms with Crippen molar-refractivity contribution in [2.75, 3.05) is 0 Å². The fraction of sp³-hybridized carbons (Fsp3) is 0.250. The van der Waals surface area contributed by atoms with Crippen LogP contribution in [0, 0.1) is 22.7 Å². The Balaban J connectivity index is 2.67. The molecule has 1 aromatic rings. The van der Waals surface area contributed by atoms with Crippen molar-refractivity contribution >= 4 is 5.57 Å². The van der Waals surface area contributed by atoms with Crippen molar-refractivity contribution in [3.05, 3.63) is 52.6 Å². The second-order valence-corrected chi connectivity index (χ2v) is 5.14. The third kappa shape index (κ3) is 2.95. The van der Waals surface area contributed by atoms with E-state index in [1.807, 2.05) is 0 Å². The van der Waals surface area contributed by atoms with E-state index in [1.54, 1.807) is 6.07 Å². The van der Waals surface area contributed by atoms with Crippen molar-refractivity contribution in [3.8, 4) is 12.1 Å². The molecule has 0 fully saturated rings. The molecule has 2 rings (SSSR count). The number of allylic oxidation sites excluding steroid dienone is 4. The number of halogens is 5. The molecule has 118 valence electrons. The van der Waals surface area contributed by atoms with E-state index in [0.717, 1.165) is 25.1 Å². The molecule has 0 amide bonds. The first-order valence-electron chi connectivity index (χ1n) is 6.40. The van der Waals surface area contributed by atoms with Gasteiger partial charge in [-0.25, -0.2) is 8.78 Å². The van der Waals surface area contributed by atoms with E-state index in [4.69, 9.17) is 10.5 Å². The lowest BCUT2D eigenvalue weighted by Crippen LogP contribution is -2.34. The Morgan fingerprint density at radius 3 is 2.35 bits per heavy atom. The molecule has 2 nitrogen and oxygen atoms in total. The zero-order valence-corrected chi connectivity index (χ0v) is 11.7. The lowest BCUT2D eigenvalue weighted by atomic mass is 9.83. The van der Waals surface area contributed by atoms with Crippen LogP contribution in [0.1, 0.15) is 23.6 Å². The van der Waals surface area contributed by atoms with Crippen LogP contribution in [0.2, 0.25) is 0 Å². The maximum absolute atomic E-state index is 14.1. The highest BCUT2D eigenvalue weighted by Crippen LogP contribution is 2.41. The van der Waals surface area contributed by atoms with Crippen LogP contribution in [0.3, 0.4) is 0 Å². The second-order valence-electron chi connectivity index (χ2n) is 5.14. The van der Waals surface area contributed by atoms with Crippen LogP contribution in [-0.2, 0) is 6.18 Å². The summed E-state index contributed by atoms with van der Waals surface area (Å²) in [7, 11) is 0. The molecule has 0 heterocycles. The van der Waals surface area contributed by atoms with Gasteiger partial charge in [0.1, 0.15) is 0 Å². The van der Waals surface area contributed by atoms with Crippen LogP contribution in [0.15, 0.2) is 35.9 Å². The summed E-state index contributed by atoms with van der Waals surface area (Å²) in [5, 5.41) is 17.6. The monoisotopic (exact) mass is 324 g/mol. The van der Waals surface area contributed by atoms with Crippen molar-refractivity contribution in [2.24, 2.45) is 0 Å². The molecule has 0 saturated carbocycles. The van der Waals surface area contributed by atoms with Crippen molar-refractivity contribution in [1.29, 1.82) is 10.5 Å². The lowest BCUT2D eigenvalue weighted by Gasteiger charge is -2.27. The highest BCUT2D eigenvalue weighted by Gasteiger charge is 2.42. The Morgan fingerprint density at radius 1 is 1.17 bits per heavy atom. The van der Waals surface area contributed by atoms with Gasteiger partial charge >= 0.3 is 6.18 Å². The Bertz CT molecular complexity index is 788. The summed E-state index contributed by atoms with van der Waals surface area (Å²) >= 11 is 0. The first-order valence-corrected chi connectivity index (χ1v) is 6.40. The molecule has 0 aromatic heterocycles. The third-order valence-corrected chi connectivity index (χ3v) is 3.56. The summed E-state index contributed by atoms with van der Waals surface area (Å²) in [4.78, 5) is 0. The molecule has 0 N–H and O–H groups in total. The van der Waals surface area contributed by atoms with Gasteiger partial charge in [-0.1, -0.05) is 6.07 Å². The van der Waals surface area contributed by atoms with Gasteiger partial charge in [-0.3, -0.25) is 0 Å². The molecule has 2 atom stereocenters. The van der Waals surface area contributed by atoms with Crippen LogP contribution < -0.4 is 0 Å². The number of rotatable bonds is 1. The molecule has 7 heteroatoms. The third-order valence-electron chi connectivity index (χ3n) is 3.56. The van der Waals surface area contributed by atoms with E-state index in [1.165, 1.54) is 6.07 Å². The van der Waals surface area contributed by atoms with Gasteiger partial charge in [0.2, 0.25) is 0 Å². The predicted octanol–water partition coefficient (Wildman–Crippen LogP) is 4.49. The van der Waals surface area contributed by atoms with Gasteiger partial charge in [0.25, 0.3) is 0 Å². The minimum Gasteiger partial charge on any atom is -0.239 e. The van der Waals surface area contributed by atoms with E-state index < -0.39 is 34.7 Å². The molecule has 0 bridgehead atoms. The number of benzene rings is 1. The quantitative estimate of drug-likeness (QED) is 0.715. The van der Waals surface area contributed by atoms with Gasteiger partial charge in [0.05, 0.1) is 28.8 Å². The van der Waals surface area contributed by atoms with Crippen LogP contribution in [-0.4, -0.2) is 11.8 Å². The van der Waals surface area contributed by atoms with E-state index in [2.05, 4.69) is 0 Å². The molecule has 0 spiro atoms. The minimum absolute atomic E-state index is 0.214. The largest absolute Gasteiger partial charge is 0.417 e. The average molecular weight is 324 g/mol. The van der Waals surface area contributed by atoms with Crippen LogP contribution >= 0.6 is 0 Å². The second kappa shape index (κ2) is 5.51. The van der Waals surface area contributed by atoms with Gasteiger partial charge in [-0.05, 0) is 42.3 Å². The molecule has 1 aliphatic rings. The molecule has 23 heavy (non-hydrogen) atoms. The maximum atomic E-state index is 14.1. The summed E-state index contributed by atoms with van der Waals surface area (Å²) in [5.41, 5.74) is -5.22. The molecular formula is C16H9F5N2. The topological polar surface area (TPSA) is 47.6 Å². The summed E-state index contributed by atoms with van der Waals surface area (Å²) in [6, 6.07) is 5.85. The molecule has 0 saturated heterocycles. The Hall–Kier alpha value is -2.67. The van der Waals surface area contributed by atoms with Crippen LogP contribution in [0.4, 0.5) is 22.0 Å². The van der Waals surface area contributed by atoms with Gasteiger partial charge in [-0.2, -0.15) is 23.7 Å². The minimum atomic E-state index is -4.79. The van der Waals surface area contributed by atoms with Crippen molar-refractivity contribution < 1.29 is 22.0 Å². The molecular weight excluding hydrogens is 315 g/mol. The van der Waals surface area contributed by atoms with E-state index >= 15 is 0 Å². The molecule has 0 aliphatic heterocycles. The van der Waals surface area contributed by atoms with Crippen LogP contribution in [0.5, 0.6) is 0 Å². The van der Waals surface area contributed by atoms with Crippen LogP contribution in [0.25, 0.3) is 5.57 Å². The molecule has 1 aromatic carbocycles.